The second-order valence-electron chi connectivity index (χ2n) is 3.73. The lowest BCUT2D eigenvalue weighted by molar-refractivity contribution is 0.476. The number of halogens is 7. The summed E-state index contributed by atoms with van der Waals surface area (Å²) in [5.41, 5.74) is 0.544. The fraction of sp³-hybridized carbons (Fsp3) is 0. The molecule has 2 aromatic carbocycles. The van der Waals surface area contributed by atoms with Crippen molar-refractivity contribution in [1.29, 1.82) is 0 Å². The lowest BCUT2D eigenvalue weighted by Gasteiger charge is -2.14. The Morgan fingerprint density at radius 3 is 1.55 bits per heavy atom. The molecule has 0 saturated heterocycles. The van der Waals surface area contributed by atoms with Crippen LogP contribution in [-0.4, -0.2) is 5.11 Å². The minimum atomic E-state index is -0.376. The Morgan fingerprint density at radius 2 is 1.05 bits per heavy atom. The molecule has 0 spiro atoms. The number of hydrogen-bond acceptors (Lipinski definition) is 1. The molecule has 0 aliphatic carbocycles. The molecular weight excluding hydrogens is 408 g/mol. The largest absolute Gasteiger partial charge is 0.505 e. The Labute approximate surface area is 149 Å². The molecule has 0 fully saturated rings. The van der Waals surface area contributed by atoms with Gasteiger partial charge in [0.25, 0.3) is 0 Å². The summed E-state index contributed by atoms with van der Waals surface area (Å²) in [7, 11) is 0. The van der Waals surface area contributed by atoms with Crippen LogP contribution in [0.15, 0.2) is 12.1 Å². The number of hydrogen-bond donors (Lipinski definition) is 1. The summed E-state index contributed by atoms with van der Waals surface area (Å²) < 4.78 is 0. The zero-order valence-electron chi connectivity index (χ0n) is 9.25. The van der Waals surface area contributed by atoms with Gasteiger partial charge in [0.1, 0.15) is 5.02 Å². The molecule has 0 aromatic heterocycles. The highest BCUT2D eigenvalue weighted by atomic mass is 35.5. The van der Waals surface area contributed by atoms with E-state index in [4.69, 9.17) is 81.2 Å². The van der Waals surface area contributed by atoms with Crippen molar-refractivity contribution in [1.82, 2.24) is 0 Å². The average Bonchev–Trinajstić information content (AvgIpc) is 2.40. The Balaban J connectivity index is 2.89. The summed E-state index contributed by atoms with van der Waals surface area (Å²) in [6.45, 7) is 0. The molecule has 0 atom stereocenters. The molecule has 1 nitrogen and oxygen atoms in total. The summed E-state index contributed by atoms with van der Waals surface area (Å²) in [5.74, 6) is -0.376. The van der Waals surface area contributed by atoms with Crippen LogP contribution in [0.4, 0.5) is 0 Å². The van der Waals surface area contributed by atoms with Crippen molar-refractivity contribution in [2.24, 2.45) is 0 Å². The first-order valence-corrected chi connectivity index (χ1v) is 7.60. The van der Waals surface area contributed by atoms with Gasteiger partial charge in [-0.1, -0.05) is 81.2 Å². The van der Waals surface area contributed by atoms with E-state index in [1.54, 1.807) is 0 Å². The minimum absolute atomic E-state index is 0.0541. The molecule has 0 radical (unpaired) electrons. The minimum Gasteiger partial charge on any atom is -0.505 e. The fourth-order valence-electron chi connectivity index (χ4n) is 1.58. The van der Waals surface area contributed by atoms with Gasteiger partial charge in [-0.15, -0.1) is 0 Å². The van der Waals surface area contributed by atoms with Crippen molar-refractivity contribution in [2.45, 2.75) is 0 Å². The maximum absolute atomic E-state index is 9.85. The van der Waals surface area contributed by atoms with Crippen molar-refractivity contribution >= 4 is 81.2 Å². The van der Waals surface area contributed by atoms with Gasteiger partial charge in [0.2, 0.25) is 0 Å². The second kappa shape index (κ2) is 6.18. The molecule has 1 N–H and O–H groups in total. The van der Waals surface area contributed by atoms with Crippen molar-refractivity contribution in [3.05, 3.63) is 47.3 Å². The SMILES string of the molecule is Oc1c(Cl)c(Cl)cc(-c2c(Cl)c(Cl)cc(Cl)c2Cl)c1Cl. The zero-order chi connectivity index (χ0) is 15.2. The van der Waals surface area contributed by atoms with E-state index >= 15 is 0 Å². The van der Waals surface area contributed by atoms with Crippen molar-refractivity contribution in [2.75, 3.05) is 0 Å². The quantitative estimate of drug-likeness (QED) is 0.478. The molecule has 106 valence electrons. The van der Waals surface area contributed by atoms with E-state index in [2.05, 4.69) is 0 Å². The van der Waals surface area contributed by atoms with Crippen LogP contribution in [0, 0.1) is 0 Å². The molecule has 0 aliphatic rings. The van der Waals surface area contributed by atoms with Gasteiger partial charge in [-0.2, -0.15) is 0 Å². The Bertz CT molecular complexity index is 686. The highest BCUT2D eigenvalue weighted by Crippen LogP contribution is 2.50. The average molecular weight is 411 g/mol. The van der Waals surface area contributed by atoms with Crippen LogP contribution in [0.2, 0.25) is 35.2 Å². The van der Waals surface area contributed by atoms with Gasteiger partial charge in [0.15, 0.2) is 5.75 Å². The van der Waals surface area contributed by atoms with E-state index in [0.717, 1.165) is 0 Å². The Morgan fingerprint density at radius 1 is 0.600 bits per heavy atom. The number of benzene rings is 2. The Hall–Kier alpha value is 0.270. The van der Waals surface area contributed by atoms with Gasteiger partial charge in [-0.3, -0.25) is 0 Å². The Kier molecular flexibility index (Phi) is 5.14. The summed E-state index contributed by atoms with van der Waals surface area (Å²) in [6.07, 6.45) is 0. The summed E-state index contributed by atoms with van der Waals surface area (Å²) in [5, 5.41) is 10.5. The van der Waals surface area contributed by atoms with Gasteiger partial charge in [-0.05, 0) is 12.1 Å². The molecule has 0 bridgehead atoms. The molecule has 0 unspecified atom stereocenters. The van der Waals surface area contributed by atoms with Crippen LogP contribution in [0.25, 0.3) is 11.1 Å². The van der Waals surface area contributed by atoms with Crippen molar-refractivity contribution in [3.8, 4) is 16.9 Å². The summed E-state index contributed by atoms with van der Waals surface area (Å²) in [4.78, 5) is 0. The molecular formula is C12H3Cl7O. The predicted octanol–water partition coefficient (Wildman–Crippen LogP) is 7.63. The third kappa shape index (κ3) is 2.78. The maximum Gasteiger partial charge on any atom is 0.154 e. The summed E-state index contributed by atoms with van der Waals surface area (Å²) in [6, 6.07) is 2.83. The van der Waals surface area contributed by atoms with Crippen LogP contribution < -0.4 is 0 Å². The third-order valence-corrected chi connectivity index (χ3v) is 5.25. The van der Waals surface area contributed by atoms with E-state index in [1.165, 1.54) is 12.1 Å². The van der Waals surface area contributed by atoms with Crippen LogP contribution in [0.5, 0.6) is 5.75 Å². The van der Waals surface area contributed by atoms with Gasteiger partial charge < -0.3 is 5.11 Å². The number of phenols is 1. The topological polar surface area (TPSA) is 20.2 Å². The van der Waals surface area contributed by atoms with Crippen LogP contribution in [-0.2, 0) is 0 Å². The number of phenolic OH excluding ortho intramolecular Hbond substituents is 1. The second-order valence-corrected chi connectivity index (χ2v) is 6.46. The van der Waals surface area contributed by atoms with Crippen molar-refractivity contribution < 1.29 is 5.11 Å². The molecule has 0 heterocycles. The molecule has 0 aliphatic heterocycles. The molecule has 0 saturated carbocycles. The lowest BCUT2D eigenvalue weighted by atomic mass is 10.0. The fourth-order valence-corrected chi connectivity index (χ4v) is 3.23. The van der Waals surface area contributed by atoms with Crippen LogP contribution in [0.1, 0.15) is 0 Å². The standard InChI is InChI=1S/C12H3Cl7O/c13-4-1-3(8(16)12(20)11(4)19)7-9(17)5(14)2-6(15)10(7)18/h1-2,20H. The van der Waals surface area contributed by atoms with Crippen LogP contribution in [0.3, 0.4) is 0 Å². The molecule has 2 aromatic rings. The van der Waals surface area contributed by atoms with Crippen LogP contribution >= 0.6 is 81.2 Å². The normalized spacial score (nSPS) is 10.9. The molecule has 2 rings (SSSR count). The number of aromatic hydroxyl groups is 1. The first-order valence-electron chi connectivity index (χ1n) is 4.95. The third-order valence-electron chi connectivity index (χ3n) is 2.51. The lowest BCUT2D eigenvalue weighted by Crippen LogP contribution is -1.88. The van der Waals surface area contributed by atoms with E-state index in [0.29, 0.717) is 0 Å². The summed E-state index contributed by atoms with van der Waals surface area (Å²) >= 11 is 42.0. The molecule has 8 heteroatoms. The van der Waals surface area contributed by atoms with Crippen molar-refractivity contribution in [3.63, 3.8) is 0 Å². The van der Waals surface area contributed by atoms with E-state index in [9.17, 15) is 5.11 Å². The first-order chi connectivity index (χ1) is 9.25. The van der Waals surface area contributed by atoms with E-state index in [1.807, 2.05) is 0 Å². The molecule has 20 heavy (non-hydrogen) atoms. The zero-order valence-corrected chi connectivity index (χ0v) is 14.5. The predicted molar refractivity (Wildman–Crippen MR) is 88.6 cm³/mol. The van der Waals surface area contributed by atoms with E-state index in [-0.39, 0.29) is 52.0 Å². The van der Waals surface area contributed by atoms with Gasteiger partial charge in [0.05, 0.1) is 30.1 Å². The van der Waals surface area contributed by atoms with Gasteiger partial charge >= 0.3 is 0 Å². The number of rotatable bonds is 1. The van der Waals surface area contributed by atoms with E-state index < -0.39 is 0 Å². The maximum atomic E-state index is 9.85. The highest BCUT2D eigenvalue weighted by Gasteiger charge is 2.22. The highest BCUT2D eigenvalue weighted by molar-refractivity contribution is 6.51. The van der Waals surface area contributed by atoms with Gasteiger partial charge in [0, 0.05) is 11.1 Å². The monoisotopic (exact) mass is 408 g/mol. The smallest absolute Gasteiger partial charge is 0.154 e. The van der Waals surface area contributed by atoms with Gasteiger partial charge in [-0.25, -0.2) is 0 Å². The molecule has 0 amide bonds. The first kappa shape index (κ1) is 16.6.